The van der Waals surface area contributed by atoms with Gasteiger partial charge in [-0.15, -0.1) is 0 Å². The predicted octanol–water partition coefficient (Wildman–Crippen LogP) is 0.0568. The summed E-state index contributed by atoms with van der Waals surface area (Å²) in [6, 6.07) is 0. The van der Waals surface area contributed by atoms with Gasteiger partial charge in [0, 0.05) is 10.8 Å². The van der Waals surface area contributed by atoms with E-state index in [4.69, 9.17) is 0 Å². The summed E-state index contributed by atoms with van der Waals surface area (Å²) in [4.78, 5) is 0. The smallest absolute Gasteiger partial charge is 0.0797 e. The third-order valence-corrected chi connectivity index (χ3v) is 5.36. The van der Waals surface area contributed by atoms with Crippen molar-refractivity contribution in [3.63, 3.8) is 0 Å². The Hall–Kier alpha value is -0.0800. The summed E-state index contributed by atoms with van der Waals surface area (Å²) < 4.78 is 0. The largest absolute Gasteiger partial charge is 0.357 e. The van der Waals surface area contributed by atoms with Crippen molar-refractivity contribution < 1.29 is 11.5 Å². The highest BCUT2D eigenvalue weighted by Crippen LogP contribution is 2.64. The van der Waals surface area contributed by atoms with Crippen molar-refractivity contribution in [2.75, 3.05) is 13.1 Å². The lowest BCUT2D eigenvalue weighted by molar-refractivity contribution is -0.427. The van der Waals surface area contributed by atoms with Gasteiger partial charge in [0.25, 0.3) is 0 Å². The molecule has 0 spiro atoms. The molecule has 0 atom stereocenters. The van der Waals surface area contributed by atoms with E-state index in [1.807, 2.05) is 0 Å². The van der Waals surface area contributed by atoms with E-state index >= 15 is 0 Å². The molecule has 4 aliphatic rings. The third-order valence-electron chi connectivity index (χ3n) is 5.36. The van der Waals surface area contributed by atoms with E-state index in [1.54, 1.807) is 0 Å². The fourth-order valence-corrected chi connectivity index (χ4v) is 5.23. The zero-order valence-electron chi connectivity index (χ0n) is 9.23. The second-order valence-electron chi connectivity index (χ2n) is 6.46. The van der Waals surface area contributed by atoms with Crippen molar-refractivity contribution in [2.45, 2.75) is 38.5 Å². The number of hydrogen-bond acceptors (Lipinski definition) is 0. The molecule has 0 amide bonds. The molecule has 0 radical (unpaired) electrons. The molecule has 4 rings (SSSR count). The zero-order chi connectivity index (χ0) is 9.81. The van der Waals surface area contributed by atoms with Crippen molar-refractivity contribution in [3.8, 4) is 0 Å². The minimum absolute atomic E-state index is 0.655. The van der Waals surface area contributed by atoms with Crippen molar-refractivity contribution in [3.05, 3.63) is 0 Å². The van der Waals surface area contributed by atoms with Gasteiger partial charge in [0.05, 0.1) is 13.1 Å². The van der Waals surface area contributed by atoms with Gasteiger partial charge in [0.1, 0.15) is 0 Å². The summed E-state index contributed by atoms with van der Waals surface area (Å²) in [5, 5.41) is 0. The minimum atomic E-state index is 0.655. The zero-order valence-corrected chi connectivity index (χ0v) is 9.23. The fraction of sp³-hybridized carbons (Fsp3) is 1.00. The van der Waals surface area contributed by atoms with E-state index < -0.39 is 0 Å². The number of rotatable bonds is 2. The van der Waals surface area contributed by atoms with Crippen molar-refractivity contribution in [2.24, 2.45) is 22.7 Å². The van der Waals surface area contributed by atoms with Crippen LogP contribution in [0.4, 0.5) is 0 Å². The lowest BCUT2D eigenvalue weighted by Crippen LogP contribution is -2.69. The molecular formula is C12H24N2+2. The lowest BCUT2D eigenvalue weighted by Gasteiger charge is -2.60. The maximum absolute atomic E-state index is 4.22. The summed E-state index contributed by atoms with van der Waals surface area (Å²) in [5.74, 6) is 2.08. The van der Waals surface area contributed by atoms with Crippen molar-refractivity contribution in [1.29, 1.82) is 0 Å². The van der Waals surface area contributed by atoms with Crippen LogP contribution in [0.2, 0.25) is 0 Å². The van der Waals surface area contributed by atoms with Gasteiger partial charge in [-0.25, -0.2) is 0 Å². The first-order valence-corrected chi connectivity index (χ1v) is 6.28. The van der Waals surface area contributed by atoms with E-state index in [9.17, 15) is 0 Å². The fourth-order valence-electron chi connectivity index (χ4n) is 5.23. The molecule has 4 bridgehead atoms. The molecule has 0 aromatic rings. The molecule has 6 N–H and O–H groups in total. The molecular weight excluding hydrogens is 172 g/mol. The highest BCUT2D eigenvalue weighted by atomic mass is 14.7. The van der Waals surface area contributed by atoms with Crippen LogP contribution in [0.25, 0.3) is 0 Å². The summed E-state index contributed by atoms with van der Waals surface area (Å²) in [7, 11) is 0. The maximum Gasteiger partial charge on any atom is 0.0797 e. The Bertz CT molecular complexity index is 213. The van der Waals surface area contributed by atoms with Crippen LogP contribution < -0.4 is 11.5 Å². The van der Waals surface area contributed by atoms with Gasteiger partial charge in [-0.1, -0.05) is 0 Å². The van der Waals surface area contributed by atoms with Crippen molar-refractivity contribution >= 4 is 0 Å². The average Bonchev–Trinajstić information content (AvgIpc) is 2.16. The molecule has 0 heterocycles. The molecule has 0 aliphatic heterocycles. The first kappa shape index (κ1) is 9.17. The quantitative estimate of drug-likeness (QED) is 0.627. The van der Waals surface area contributed by atoms with E-state index in [-0.39, 0.29) is 0 Å². The highest BCUT2D eigenvalue weighted by Gasteiger charge is 2.58. The highest BCUT2D eigenvalue weighted by molar-refractivity contribution is 5.06. The number of quaternary nitrogens is 2. The van der Waals surface area contributed by atoms with Gasteiger partial charge in [-0.2, -0.15) is 0 Å². The van der Waals surface area contributed by atoms with Crippen LogP contribution in [0.15, 0.2) is 0 Å². The molecule has 2 heteroatoms. The molecule has 0 aromatic heterocycles. The van der Waals surface area contributed by atoms with E-state index in [0.717, 1.165) is 11.8 Å². The Balaban J connectivity index is 1.94. The lowest BCUT2D eigenvalue weighted by atomic mass is 9.44. The molecule has 14 heavy (non-hydrogen) atoms. The molecule has 2 nitrogen and oxygen atoms in total. The van der Waals surface area contributed by atoms with Crippen LogP contribution in [-0.4, -0.2) is 13.1 Å². The van der Waals surface area contributed by atoms with Gasteiger partial charge in [0.15, 0.2) is 0 Å². The Kier molecular flexibility index (Phi) is 1.79. The van der Waals surface area contributed by atoms with Gasteiger partial charge in [-0.05, 0) is 50.4 Å². The first-order chi connectivity index (χ1) is 6.69. The third kappa shape index (κ3) is 1.10. The Morgan fingerprint density at radius 3 is 1.64 bits per heavy atom. The standard InChI is InChI=1S/C12H22N2/c13-7-11-2-9-1-10(4-11)5-12(3-9,6-11)8-14/h9-10H,1-8,13-14H2/p+2. The summed E-state index contributed by atoms with van der Waals surface area (Å²) in [6.07, 6.45) is 8.97. The molecule has 0 aromatic carbocycles. The Morgan fingerprint density at radius 2 is 1.29 bits per heavy atom. The molecule has 0 unspecified atom stereocenters. The molecule has 4 fully saturated rings. The average molecular weight is 196 g/mol. The Labute approximate surface area is 86.4 Å². The van der Waals surface area contributed by atoms with Gasteiger partial charge in [-0.3, -0.25) is 0 Å². The monoisotopic (exact) mass is 196 g/mol. The van der Waals surface area contributed by atoms with E-state index in [1.165, 1.54) is 51.6 Å². The van der Waals surface area contributed by atoms with Gasteiger partial charge < -0.3 is 11.5 Å². The SMILES string of the molecule is [NH3+]CC12CC3CC(C1)CC(C[NH3+])(C3)C2. The molecule has 4 aliphatic carbocycles. The summed E-state index contributed by atoms with van der Waals surface area (Å²) in [6.45, 7) is 2.36. The van der Waals surface area contributed by atoms with Crippen LogP contribution in [0.3, 0.4) is 0 Å². The van der Waals surface area contributed by atoms with Crippen LogP contribution in [-0.2, 0) is 0 Å². The Morgan fingerprint density at radius 1 is 0.857 bits per heavy atom. The van der Waals surface area contributed by atoms with E-state index in [2.05, 4.69) is 11.5 Å². The normalized spacial score (nSPS) is 55.3. The second-order valence-corrected chi connectivity index (χ2v) is 6.46. The van der Waals surface area contributed by atoms with Crippen LogP contribution in [0.1, 0.15) is 38.5 Å². The van der Waals surface area contributed by atoms with Gasteiger partial charge >= 0.3 is 0 Å². The maximum atomic E-state index is 4.22. The van der Waals surface area contributed by atoms with E-state index in [0.29, 0.717) is 10.8 Å². The van der Waals surface area contributed by atoms with Crippen LogP contribution in [0, 0.1) is 22.7 Å². The predicted molar refractivity (Wildman–Crippen MR) is 55.1 cm³/mol. The number of hydrogen-bond donors (Lipinski definition) is 2. The molecule has 80 valence electrons. The minimum Gasteiger partial charge on any atom is -0.357 e. The topological polar surface area (TPSA) is 55.3 Å². The van der Waals surface area contributed by atoms with Gasteiger partial charge in [0.2, 0.25) is 0 Å². The van der Waals surface area contributed by atoms with Crippen molar-refractivity contribution in [1.82, 2.24) is 0 Å². The molecule has 4 saturated carbocycles. The van der Waals surface area contributed by atoms with Crippen LogP contribution >= 0.6 is 0 Å². The summed E-state index contributed by atoms with van der Waals surface area (Å²) in [5.41, 5.74) is 9.75. The second kappa shape index (κ2) is 2.73. The van der Waals surface area contributed by atoms with Crippen LogP contribution in [0.5, 0.6) is 0 Å². The first-order valence-electron chi connectivity index (χ1n) is 6.28. The molecule has 0 saturated heterocycles. The summed E-state index contributed by atoms with van der Waals surface area (Å²) >= 11 is 0.